The van der Waals surface area contributed by atoms with E-state index >= 15 is 0 Å². The van der Waals surface area contributed by atoms with Crippen LogP contribution < -0.4 is 0 Å². The molecule has 0 aromatic rings. The van der Waals surface area contributed by atoms with E-state index < -0.39 is 0 Å². The van der Waals surface area contributed by atoms with Gasteiger partial charge in [0.15, 0.2) is 0 Å². The Hall–Kier alpha value is -1.00. The Morgan fingerprint density at radius 2 is 1.35 bits per heavy atom. The highest BCUT2D eigenvalue weighted by molar-refractivity contribution is 5.24. The highest BCUT2D eigenvalue weighted by atomic mass is 16.5. The Labute approximate surface area is 162 Å². The summed E-state index contributed by atoms with van der Waals surface area (Å²) in [7, 11) is 0. The van der Waals surface area contributed by atoms with Crippen LogP contribution >= 0.6 is 0 Å². The third-order valence-electron chi connectivity index (χ3n) is 6.15. The first-order chi connectivity index (χ1) is 12.8. The highest BCUT2D eigenvalue weighted by Crippen LogP contribution is 2.32. The van der Waals surface area contributed by atoms with Crippen LogP contribution in [0.4, 0.5) is 0 Å². The molecule has 0 amide bonds. The van der Waals surface area contributed by atoms with Crippen molar-refractivity contribution in [2.24, 2.45) is 17.8 Å². The minimum Gasteiger partial charge on any atom is -0.378 e. The van der Waals surface area contributed by atoms with Gasteiger partial charge in [-0.15, -0.1) is 0 Å². The summed E-state index contributed by atoms with van der Waals surface area (Å²) in [5.74, 6) is 8.88. The van der Waals surface area contributed by atoms with Gasteiger partial charge in [0.1, 0.15) is 0 Å². The number of ether oxygens (including phenoxy) is 1. The van der Waals surface area contributed by atoms with Gasteiger partial charge >= 0.3 is 0 Å². The van der Waals surface area contributed by atoms with Gasteiger partial charge in [-0.3, -0.25) is 0 Å². The van der Waals surface area contributed by atoms with Gasteiger partial charge in [-0.05, 0) is 87.7 Å². The van der Waals surface area contributed by atoms with Crippen LogP contribution in [0.5, 0.6) is 0 Å². The van der Waals surface area contributed by atoms with E-state index in [0.29, 0.717) is 12.0 Å². The lowest BCUT2D eigenvalue weighted by atomic mass is 9.80. The van der Waals surface area contributed by atoms with E-state index in [2.05, 4.69) is 50.0 Å². The maximum Gasteiger partial charge on any atom is 0.0575 e. The van der Waals surface area contributed by atoms with E-state index in [-0.39, 0.29) is 0 Å². The quantitative estimate of drug-likeness (QED) is 0.333. The molecule has 1 nitrogen and oxygen atoms in total. The largest absolute Gasteiger partial charge is 0.378 e. The van der Waals surface area contributed by atoms with Crippen molar-refractivity contribution in [2.45, 2.75) is 97.0 Å². The summed E-state index contributed by atoms with van der Waals surface area (Å²) in [6.07, 6.45) is 25.0. The number of unbranched alkanes of at least 4 members (excludes halogenated alkanes) is 1. The van der Waals surface area contributed by atoms with Crippen LogP contribution in [0.25, 0.3) is 0 Å². The summed E-state index contributed by atoms with van der Waals surface area (Å²) in [4.78, 5) is 0. The van der Waals surface area contributed by atoms with E-state index in [4.69, 9.17) is 4.74 Å². The van der Waals surface area contributed by atoms with Crippen molar-refractivity contribution < 1.29 is 4.74 Å². The molecule has 2 saturated carbocycles. The first-order valence-electron chi connectivity index (χ1n) is 11.3. The fourth-order valence-corrected chi connectivity index (χ4v) is 4.38. The first kappa shape index (κ1) is 21.3. The molecule has 0 spiro atoms. The van der Waals surface area contributed by atoms with E-state index in [0.717, 1.165) is 18.4 Å². The summed E-state index contributed by atoms with van der Waals surface area (Å²) in [5.41, 5.74) is 0. The number of rotatable bonds is 8. The standard InChI is InChI=1S/C25H40O/c1-3-5-21-26-25-19-17-24(18-20-25)12-9-7-6-8-11-23-15-13-22(10-4-2)14-16-23/h8-9,11-12,22-25H,3-5,10,13-21H2,1-2H3/b11-8+,12-9+/t22-,23-,24-,25-. The van der Waals surface area contributed by atoms with Gasteiger partial charge in [-0.25, -0.2) is 0 Å². The zero-order valence-corrected chi connectivity index (χ0v) is 17.2. The molecule has 0 N–H and O–H groups in total. The van der Waals surface area contributed by atoms with Gasteiger partial charge in [0.25, 0.3) is 0 Å². The van der Waals surface area contributed by atoms with E-state index in [9.17, 15) is 0 Å². The van der Waals surface area contributed by atoms with Crippen LogP contribution in [-0.2, 0) is 4.74 Å². The third kappa shape index (κ3) is 8.59. The number of allylic oxidation sites excluding steroid dienone is 4. The topological polar surface area (TPSA) is 9.23 Å². The highest BCUT2D eigenvalue weighted by Gasteiger charge is 2.19. The van der Waals surface area contributed by atoms with Gasteiger partial charge in [0.05, 0.1) is 6.10 Å². The van der Waals surface area contributed by atoms with Crippen molar-refractivity contribution >= 4 is 0 Å². The molecule has 146 valence electrons. The third-order valence-corrected chi connectivity index (χ3v) is 6.15. The molecule has 2 aliphatic carbocycles. The maximum atomic E-state index is 5.95. The maximum absolute atomic E-state index is 5.95. The van der Waals surface area contributed by atoms with Gasteiger partial charge in [-0.1, -0.05) is 57.1 Å². The van der Waals surface area contributed by atoms with Crippen LogP contribution in [0.1, 0.15) is 90.9 Å². The predicted molar refractivity (Wildman–Crippen MR) is 113 cm³/mol. The fourth-order valence-electron chi connectivity index (χ4n) is 4.38. The van der Waals surface area contributed by atoms with Crippen molar-refractivity contribution in [3.63, 3.8) is 0 Å². The molecule has 26 heavy (non-hydrogen) atoms. The van der Waals surface area contributed by atoms with Crippen LogP contribution in [-0.4, -0.2) is 12.7 Å². The lowest BCUT2D eigenvalue weighted by molar-refractivity contribution is 0.0209. The van der Waals surface area contributed by atoms with Crippen LogP contribution in [0, 0.1) is 29.6 Å². The molecule has 2 aliphatic rings. The Morgan fingerprint density at radius 3 is 1.88 bits per heavy atom. The molecule has 0 aromatic heterocycles. The Bertz CT molecular complexity index is 462. The lowest BCUT2D eigenvalue weighted by Gasteiger charge is -2.26. The molecular weight excluding hydrogens is 316 g/mol. The van der Waals surface area contributed by atoms with Crippen LogP contribution in [0.2, 0.25) is 0 Å². The van der Waals surface area contributed by atoms with Crippen molar-refractivity contribution in [3.8, 4) is 11.8 Å². The monoisotopic (exact) mass is 356 g/mol. The minimum absolute atomic E-state index is 0.507. The van der Waals surface area contributed by atoms with Crippen LogP contribution in [0.3, 0.4) is 0 Å². The van der Waals surface area contributed by atoms with E-state index in [1.165, 1.54) is 77.0 Å². The SMILES string of the molecule is CCCCO[C@H]1CC[C@H](/C=C/C#C/C=C/[C@H]2CC[C@H](CCC)CC2)CC1. The molecule has 0 aromatic carbocycles. The molecule has 2 fully saturated rings. The van der Waals surface area contributed by atoms with E-state index in [1.54, 1.807) is 0 Å². The molecule has 0 aliphatic heterocycles. The van der Waals surface area contributed by atoms with E-state index in [1.807, 2.05) is 0 Å². The smallest absolute Gasteiger partial charge is 0.0575 e. The lowest BCUT2D eigenvalue weighted by Crippen LogP contribution is -2.21. The normalized spacial score (nSPS) is 29.8. The molecule has 0 radical (unpaired) electrons. The second-order valence-corrected chi connectivity index (χ2v) is 8.34. The fraction of sp³-hybridized carbons (Fsp3) is 0.760. The molecule has 0 bridgehead atoms. The molecule has 1 heteroatoms. The summed E-state index contributed by atoms with van der Waals surface area (Å²) in [6.45, 7) is 5.47. The summed E-state index contributed by atoms with van der Waals surface area (Å²) < 4.78 is 5.95. The van der Waals surface area contributed by atoms with Gasteiger partial charge < -0.3 is 4.74 Å². The van der Waals surface area contributed by atoms with Gasteiger partial charge in [0.2, 0.25) is 0 Å². The molecule has 0 unspecified atom stereocenters. The average molecular weight is 357 g/mol. The number of hydrogen-bond donors (Lipinski definition) is 0. The second-order valence-electron chi connectivity index (χ2n) is 8.34. The van der Waals surface area contributed by atoms with Gasteiger partial charge in [0, 0.05) is 6.61 Å². The summed E-state index contributed by atoms with van der Waals surface area (Å²) >= 11 is 0. The van der Waals surface area contributed by atoms with Crippen LogP contribution in [0.15, 0.2) is 24.3 Å². The number of hydrogen-bond acceptors (Lipinski definition) is 1. The summed E-state index contributed by atoms with van der Waals surface area (Å²) in [6, 6.07) is 0. The molecule has 2 rings (SSSR count). The minimum atomic E-state index is 0.507. The van der Waals surface area contributed by atoms with Crippen molar-refractivity contribution in [3.05, 3.63) is 24.3 Å². The molecule has 0 heterocycles. The summed E-state index contributed by atoms with van der Waals surface area (Å²) in [5, 5.41) is 0. The Morgan fingerprint density at radius 1 is 0.769 bits per heavy atom. The zero-order valence-electron chi connectivity index (χ0n) is 17.2. The second kappa shape index (κ2) is 13.2. The first-order valence-corrected chi connectivity index (χ1v) is 11.3. The predicted octanol–water partition coefficient (Wildman–Crippen LogP) is 7.08. The molecule has 0 saturated heterocycles. The molecular formula is C25H40O. The molecule has 0 atom stereocenters. The van der Waals surface area contributed by atoms with Crippen molar-refractivity contribution in [1.29, 1.82) is 0 Å². The van der Waals surface area contributed by atoms with Crippen molar-refractivity contribution in [2.75, 3.05) is 6.61 Å². The van der Waals surface area contributed by atoms with Gasteiger partial charge in [-0.2, -0.15) is 0 Å². The Kier molecular flexibility index (Phi) is 10.8. The van der Waals surface area contributed by atoms with Crippen molar-refractivity contribution in [1.82, 2.24) is 0 Å². The average Bonchev–Trinajstić information content (AvgIpc) is 2.67. The zero-order chi connectivity index (χ0) is 18.5. The Balaban J connectivity index is 1.58.